The van der Waals surface area contributed by atoms with E-state index >= 15 is 0 Å². The van der Waals surface area contributed by atoms with Crippen LogP contribution in [0.2, 0.25) is 0 Å². The van der Waals surface area contributed by atoms with Crippen LogP contribution < -0.4 is 0 Å². The van der Waals surface area contributed by atoms with Crippen molar-refractivity contribution in [2.24, 2.45) is 0 Å². The van der Waals surface area contributed by atoms with Crippen LogP contribution in [0.4, 0.5) is 0 Å². The van der Waals surface area contributed by atoms with E-state index in [1.54, 1.807) is 13.2 Å². The van der Waals surface area contributed by atoms with Crippen molar-refractivity contribution in [3.05, 3.63) is 35.4 Å². The first-order chi connectivity index (χ1) is 4.43. The second kappa shape index (κ2) is 3.20. The van der Waals surface area contributed by atoms with Gasteiger partial charge < -0.3 is 5.32 Å². The molecule has 0 spiro atoms. The van der Waals surface area contributed by atoms with E-state index in [4.69, 9.17) is 0 Å². The Morgan fingerprint density at radius 1 is 1.67 bits per heavy atom. The molecule has 0 saturated carbocycles. The minimum atomic E-state index is 0.772. The highest BCUT2D eigenvalue weighted by molar-refractivity contribution is 5.10. The molecule has 0 radical (unpaired) electrons. The lowest BCUT2D eigenvalue weighted by atomic mass is 10.3. The fourth-order valence-electron chi connectivity index (χ4n) is 0.674. The van der Waals surface area contributed by atoms with Crippen LogP contribution in [-0.2, 0) is 6.54 Å². The summed E-state index contributed by atoms with van der Waals surface area (Å²) in [5.74, 6) is 0. The smallest absolute Gasteiger partial charge is 0.0282 e. The van der Waals surface area contributed by atoms with Crippen LogP contribution in [0.5, 0.6) is 0 Å². The van der Waals surface area contributed by atoms with Gasteiger partial charge in [0.05, 0.1) is 0 Å². The molecule has 1 aromatic heterocycles. The van der Waals surface area contributed by atoms with Gasteiger partial charge in [0.1, 0.15) is 0 Å². The van der Waals surface area contributed by atoms with Crippen LogP contribution in [0, 0.1) is 0 Å². The molecule has 1 aromatic rings. The van der Waals surface area contributed by atoms with E-state index < -0.39 is 0 Å². The lowest BCUT2D eigenvalue weighted by Gasteiger charge is -2.08. The fraction of sp³-hybridized carbons (Fsp3) is 0.286. The Kier molecular flexibility index (Phi) is 2.22. The second-order valence-electron chi connectivity index (χ2n) is 1.84. The average molecular weight is 121 g/mol. The van der Waals surface area contributed by atoms with Crippen LogP contribution >= 0.6 is 0 Å². The van der Waals surface area contributed by atoms with Gasteiger partial charge in [-0.3, -0.25) is 4.98 Å². The Morgan fingerprint density at radius 2 is 2.56 bits per heavy atom. The summed E-state index contributed by atoms with van der Waals surface area (Å²) in [4.78, 5) is 3.94. The maximum absolute atomic E-state index is 3.97. The van der Waals surface area contributed by atoms with Gasteiger partial charge >= 0.3 is 0 Å². The van der Waals surface area contributed by atoms with Crippen LogP contribution in [0.1, 0.15) is 5.56 Å². The Bertz CT molecular complexity index is 160. The molecule has 0 amide bonds. The van der Waals surface area contributed by atoms with Crippen molar-refractivity contribution < 1.29 is 0 Å². The maximum atomic E-state index is 3.97. The molecule has 0 bridgehead atoms. The fourth-order valence-corrected chi connectivity index (χ4v) is 0.674. The number of pyridine rings is 1. The van der Waals surface area contributed by atoms with Gasteiger partial charge in [0.2, 0.25) is 0 Å². The quantitative estimate of drug-likeness (QED) is 0.583. The Morgan fingerprint density at radius 3 is 3.11 bits per heavy atom. The van der Waals surface area contributed by atoms with E-state index in [2.05, 4.69) is 10.3 Å². The lowest BCUT2D eigenvalue weighted by molar-refractivity contribution is 1.14. The van der Waals surface area contributed by atoms with Gasteiger partial charge in [0, 0.05) is 12.4 Å². The summed E-state index contributed by atoms with van der Waals surface area (Å²) in [6, 6.07) is 3.93. The van der Waals surface area contributed by atoms with E-state index in [-0.39, 0.29) is 0 Å². The van der Waals surface area contributed by atoms with Gasteiger partial charge in [0.15, 0.2) is 0 Å². The number of aromatic nitrogens is 1. The maximum Gasteiger partial charge on any atom is 0.0282 e. The SMILES string of the molecule is C[N-]Cc1cccnc1. The zero-order chi connectivity index (χ0) is 6.53. The largest absolute Gasteiger partial charge is 0.661 e. The molecule has 0 aliphatic carbocycles. The minimum absolute atomic E-state index is 0.772. The van der Waals surface area contributed by atoms with Crippen molar-refractivity contribution in [1.29, 1.82) is 0 Å². The van der Waals surface area contributed by atoms with Gasteiger partial charge in [-0.05, 0) is 6.07 Å². The van der Waals surface area contributed by atoms with Crippen molar-refractivity contribution in [2.45, 2.75) is 6.54 Å². The van der Waals surface area contributed by atoms with Gasteiger partial charge in [-0.15, -0.1) is 6.54 Å². The highest BCUT2D eigenvalue weighted by Crippen LogP contribution is 1.98. The topological polar surface area (TPSA) is 27.0 Å². The lowest BCUT2D eigenvalue weighted by Crippen LogP contribution is -1.81. The third kappa shape index (κ3) is 1.82. The predicted octanol–water partition coefficient (Wildman–Crippen LogP) is 1.59. The molecule has 0 aliphatic heterocycles. The minimum Gasteiger partial charge on any atom is -0.661 e. The summed E-state index contributed by atoms with van der Waals surface area (Å²) in [5, 5.41) is 3.97. The van der Waals surface area contributed by atoms with Crippen molar-refractivity contribution in [1.82, 2.24) is 4.98 Å². The molecule has 2 heteroatoms. The van der Waals surface area contributed by atoms with E-state index in [0.717, 1.165) is 6.54 Å². The number of nitrogens with zero attached hydrogens (tertiary/aromatic N) is 2. The molecule has 0 aromatic carbocycles. The molecule has 1 rings (SSSR count). The van der Waals surface area contributed by atoms with Gasteiger partial charge in [-0.2, -0.15) is 7.05 Å². The average Bonchev–Trinajstić information content (AvgIpc) is 1.91. The summed E-state index contributed by atoms with van der Waals surface area (Å²) in [6.07, 6.45) is 3.59. The van der Waals surface area contributed by atoms with Crippen LogP contribution in [-0.4, -0.2) is 12.0 Å². The molecule has 48 valence electrons. The highest BCUT2D eigenvalue weighted by Gasteiger charge is 1.78. The predicted molar refractivity (Wildman–Crippen MR) is 37.2 cm³/mol. The monoisotopic (exact) mass is 121 g/mol. The van der Waals surface area contributed by atoms with Crippen molar-refractivity contribution in [2.75, 3.05) is 7.05 Å². The Labute approximate surface area is 54.9 Å². The third-order valence-electron chi connectivity index (χ3n) is 1.06. The molecule has 0 atom stereocenters. The zero-order valence-corrected chi connectivity index (χ0v) is 5.41. The Balaban J connectivity index is 2.61. The molecule has 0 fully saturated rings. The number of hydrogen-bond acceptors (Lipinski definition) is 1. The molecule has 1 heterocycles. The van der Waals surface area contributed by atoms with Gasteiger partial charge in [0.25, 0.3) is 0 Å². The molecule has 0 unspecified atom stereocenters. The molecule has 0 N–H and O–H groups in total. The van der Waals surface area contributed by atoms with E-state index in [0.29, 0.717) is 0 Å². The van der Waals surface area contributed by atoms with E-state index in [9.17, 15) is 0 Å². The Hall–Kier alpha value is -0.890. The normalized spacial score (nSPS) is 9.44. The first-order valence-electron chi connectivity index (χ1n) is 2.88. The summed E-state index contributed by atoms with van der Waals surface area (Å²) < 4.78 is 0. The third-order valence-corrected chi connectivity index (χ3v) is 1.06. The molecule has 0 aliphatic rings. The summed E-state index contributed by atoms with van der Waals surface area (Å²) in [7, 11) is 1.80. The van der Waals surface area contributed by atoms with Crippen molar-refractivity contribution in [3.63, 3.8) is 0 Å². The molecule has 9 heavy (non-hydrogen) atoms. The summed E-state index contributed by atoms with van der Waals surface area (Å²) >= 11 is 0. The van der Waals surface area contributed by atoms with E-state index in [1.165, 1.54) is 5.56 Å². The van der Waals surface area contributed by atoms with Crippen LogP contribution in [0.3, 0.4) is 0 Å². The molecular formula is C7H9N2-. The molecular weight excluding hydrogens is 112 g/mol. The highest BCUT2D eigenvalue weighted by atomic mass is 14.8. The summed E-state index contributed by atoms with van der Waals surface area (Å²) in [6.45, 7) is 0.772. The van der Waals surface area contributed by atoms with Gasteiger partial charge in [-0.1, -0.05) is 11.6 Å². The van der Waals surface area contributed by atoms with Crippen molar-refractivity contribution >= 4 is 0 Å². The second-order valence-corrected chi connectivity index (χ2v) is 1.84. The summed E-state index contributed by atoms with van der Waals surface area (Å²) in [5.41, 5.74) is 1.17. The standard InChI is InChI=1S/C7H9N2/c1-8-5-7-3-2-4-9-6-7/h2-4,6H,5H2,1H3/q-1. The molecule has 0 saturated heterocycles. The molecule has 2 nitrogen and oxygen atoms in total. The number of rotatable bonds is 2. The van der Waals surface area contributed by atoms with Crippen LogP contribution in [0.15, 0.2) is 24.5 Å². The first-order valence-corrected chi connectivity index (χ1v) is 2.88. The first kappa shape index (κ1) is 6.23. The number of hydrogen-bond donors (Lipinski definition) is 0. The van der Waals surface area contributed by atoms with Crippen molar-refractivity contribution in [3.8, 4) is 0 Å². The zero-order valence-electron chi connectivity index (χ0n) is 5.41. The van der Waals surface area contributed by atoms with E-state index in [1.807, 2.05) is 18.3 Å². The van der Waals surface area contributed by atoms with Gasteiger partial charge in [-0.25, -0.2) is 0 Å². The van der Waals surface area contributed by atoms with Crippen LogP contribution in [0.25, 0.3) is 5.32 Å².